The van der Waals surface area contributed by atoms with E-state index >= 15 is 0 Å². The van der Waals surface area contributed by atoms with Crippen molar-refractivity contribution in [2.45, 2.75) is 25.6 Å². The number of pyridine rings is 1. The van der Waals surface area contributed by atoms with Crippen molar-refractivity contribution in [1.29, 1.82) is 0 Å². The molecule has 0 bridgehead atoms. The monoisotopic (exact) mass is 310 g/mol. The van der Waals surface area contributed by atoms with E-state index in [2.05, 4.69) is 10.1 Å². The summed E-state index contributed by atoms with van der Waals surface area (Å²) in [7, 11) is 0. The molecular formula is C12H11ClN4O4. The number of aryl methyl sites for hydroxylation is 1. The van der Waals surface area contributed by atoms with E-state index in [4.69, 9.17) is 21.4 Å². The third-order valence-electron chi connectivity index (χ3n) is 3.20. The van der Waals surface area contributed by atoms with Gasteiger partial charge in [0.1, 0.15) is 11.0 Å². The van der Waals surface area contributed by atoms with Gasteiger partial charge in [0.05, 0.1) is 6.54 Å². The molecule has 21 heavy (non-hydrogen) atoms. The molecule has 3 heterocycles. The van der Waals surface area contributed by atoms with Crippen molar-refractivity contribution in [3.05, 3.63) is 45.4 Å². The van der Waals surface area contributed by atoms with Crippen LogP contribution in [0.4, 0.5) is 4.79 Å². The highest BCUT2D eigenvalue weighted by molar-refractivity contribution is 6.29. The number of carbonyl (C=O) groups is 1. The Morgan fingerprint density at radius 3 is 3.00 bits per heavy atom. The van der Waals surface area contributed by atoms with Crippen molar-refractivity contribution < 1.29 is 14.6 Å². The number of carboxylic acid groups (broad SMARTS) is 1. The number of fused-ring (bicyclic) bond motifs is 1. The lowest BCUT2D eigenvalue weighted by molar-refractivity contribution is 0.0206. The zero-order valence-electron chi connectivity index (χ0n) is 10.8. The second kappa shape index (κ2) is 5.21. The molecular weight excluding hydrogens is 300 g/mol. The van der Waals surface area contributed by atoms with Crippen LogP contribution in [-0.4, -0.2) is 30.6 Å². The van der Waals surface area contributed by atoms with Crippen LogP contribution in [0.2, 0.25) is 5.15 Å². The molecule has 0 aromatic carbocycles. The van der Waals surface area contributed by atoms with Crippen LogP contribution in [0.5, 0.6) is 0 Å². The lowest BCUT2D eigenvalue weighted by atomic mass is 10.3. The molecule has 1 aliphatic rings. The van der Waals surface area contributed by atoms with E-state index < -0.39 is 18.1 Å². The van der Waals surface area contributed by atoms with Crippen molar-refractivity contribution in [2.75, 3.05) is 0 Å². The summed E-state index contributed by atoms with van der Waals surface area (Å²) < 4.78 is 7.23. The summed E-state index contributed by atoms with van der Waals surface area (Å²) in [6, 6.07) is 3.37. The molecule has 2 aromatic heterocycles. The molecule has 3 rings (SSSR count). The number of aromatic nitrogens is 4. The highest BCUT2D eigenvalue weighted by atomic mass is 35.5. The van der Waals surface area contributed by atoms with E-state index in [9.17, 15) is 9.59 Å². The van der Waals surface area contributed by atoms with Gasteiger partial charge in [0, 0.05) is 19.0 Å². The average Bonchev–Trinajstić information content (AvgIpc) is 2.94. The van der Waals surface area contributed by atoms with E-state index in [-0.39, 0.29) is 6.54 Å². The minimum absolute atomic E-state index is 0.239. The van der Waals surface area contributed by atoms with Crippen LogP contribution in [0.3, 0.4) is 0 Å². The number of halogens is 1. The lowest BCUT2D eigenvalue weighted by Gasteiger charge is -2.09. The predicted molar refractivity (Wildman–Crippen MR) is 71.3 cm³/mol. The number of nitrogens with zero attached hydrogens (tertiary/aromatic N) is 4. The van der Waals surface area contributed by atoms with Crippen LogP contribution in [-0.2, 0) is 17.7 Å². The fourth-order valence-electron chi connectivity index (χ4n) is 2.31. The Balaban J connectivity index is 1.87. The van der Waals surface area contributed by atoms with Crippen LogP contribution in [0.1, 0.15) is 24.0 Å². The van der Waals surface area contributed by atoms with Gasteiger partial charge in [0.25, 0.3) is 0 Å². The first-order chi connectivity index (χ1) is 10.0. The summed E-state index contributed by atoms with van der Waals surface area (Å²) >= 11 is 5.70. The molecule has 1 atom stereocenters. The molecule has 0 saturated heterocycles. The van der Waals surface area contributed by atoms with Gasteiger partial charge in [-0.15, -0.1) is 0 Å². The Kier molecular flexibility index (Phi) is 3.38. The van der Waals surface area contributed by atoms with Gasteiger partial charge in [-0.2, -0.15) is 5.10 Å². The molecule has 0 radical (unpaired) electrons. The first-order valence-corrected chi connectivity index (χ1v) is 6.60. The molecule has 0 fully saturated rings. The molecule has 8 nitrogen and oxygen atoms in total. The van der Waals surface area contributed by atoms with Crippen LogP contribution in [0, 0.1) is 0 Å². The molecule has 110 valence electrons. The second-order valence-corrected chi connectivity index (χ2v) is 4.98. The normalized spacial score (nSPS) is 16.7. The standard InChI is InChI=1S/C12H11ClN4O4/c13-8-2-1-7(5-14-8)6-16-11(18)17-9(15-16)3-4-10(17)21-12(19)20/h1-2,5,10H,3-4,6H2,(H,19,20)/t10-/m0/s1. The van der Waals surface area contributed by atoms with Gasteiger partial charge in [0.2, 0.25) is 0 Å². The van der Waals surface area contributed by atoms with Gasteiger partial charge in [-0.25, -0.2) is 23.8 Å². The van der Waals surface area contributed by atoms with Gasteiger partial charge >= 0.3 is 11.8 Å². The summed E-state index contributed by atoms with van der Waals surface area (Å²) in [6.07, 6.45) is 0.271. The lowest BCUT2D eigenvalue weighted by Crippen LogP contribution is -2.29. The van der Waals surface area contributed by atoms with Gasteiger partial charge in [-0.1, -0.05) is 17.7 Å². The molecule has 0 saturated carbocycles. The number of ether oxygens (including phenoxy) is 1. The smallest absolute Gasteiger partial charge is 0.450 e. The van der Waals surface area contributed by atoms with E-state index in [1.165, 1.54) is 9.25 Å². The van der Waals surface area contributed by atoms with Gasteiger partial charge < -0.3 is 9.84 Å². The molecule has 1 N–H and O–H groups in total. The average molecular weight is 311 g/mol. The van der Waals surface area contributed by atoms with E-state index in [0.29, 0.717) is 23.8 Å². The van der Waals surface area contributed by atoms with Crippen molar-refractivity contribution >= 4 is 17.8 Å². The fraction of sp³-hybridized carbons (Fsp3) is 0.333. The fourth-order valence-corrected chi connectivity index (χ4v) is 2.42. The first-order valence-electron chi connectivity index (χ1n) is 6.23. The number of hydrogen-bond acceptors (Lipinski definition) is 5. The highest BCUT2D eigenvalue weighted by Crippen LogP contribution is 2.23. The van der Waals surface area contributed by atoms with E-state index in [0.717, 1.165) is 5.56 Å². The topological polar surface area (TPSA) is 99.2 Å². The van der Waals surface area contributed by atoms with E-state index in [1.807, 2.05) is 0 Å². The SMILES string of the molecule is O=C(O)O[C@H]1CCc2nn(Cc3ccc(Cl)nc3)c(=O)n21. The predicted octanol–water partition coefficient (Wildman–Crippen LogP) is 1.28. The molecule has 1 aliphatic heterocycles. The number of hydrogen-bond donors (Lipinski definition) is 1. The molecule has 0 aliphatic carbocycles. The van der Waals surface area contributed by atoms with Gasteiger partial charge in [-0.05, 0) is 11.6 Å². The van der Waals surface area contributed by atoms with Crippen molar-refractivity contribution in [3.63, 3.8) is 0 Å². The maximum atomic E-state index is 12.3. The maximum Gasteiger partial charge on any atom is 0.507 e. The summed E-state index contributed by atoms with van der Waals surface area (Å²) in [5.41, 5.74) is 0.373. The van der Waals surface area contributed by atoms with Crippen LogP contribution < -0.4 is 5.69 Å². The molecule has 0 amide bonds. The second-order valence-electron chi connectivity index (χ2n) is 4.59. The molecule has 0 unspecified atom stereocenters. The minimum Gasteiger partial charge on any atom is -0.450 e. The Bertz CT molecular complexity index is 737. The summed E-state index contributed by atoms with van der Waals surface area (Å²) in [5, 5.41) is 13.2. The zero-order chi connectivity index (χ0) is 15.0. The van der Waals surface area contributed by atoms with Gasteiger partial charge in [-0.3, -0.25) is 0 Å². The van der Waals surface area contributed by atoms with Crippen molar-refractivity contribution in [2.24, 2.45) is 0 Å². The third-order valence-corrected chi connectivity index (χ3v) is 3.43. The van der Waals surface area contributed by atoms with Crippen LogP contribution in [0.15, 0.2) is 23.1 Å². The quantitative estimate of drug-likeness (QED) is 0.677. The van der Waals surface area contributed by atoms with Gasteiger partial charge in [0.15, 0.2) is 6.23 Å². The molecule has 0 spiro atoms. The largest absolute Gasteiger partial charge is 0.507 e. The molecule has 2 aromatic rings. The maximum absolute atomic E-state index is 12.3. The summed E-state index contributed by atoms with van der Waals surface area (Å²) in [4.78, 5) is 26.8. The van der Waals surface area contributed by atoms with Crippen LogP contribution in [0.25, 0.3) is 0 Å². The van der Waals surface area contributed by atoms with Crippen LogP contribution >= 0.6 is 11.6 Å². The van der Waals surface area contributed by atoms with E-state index in [1.54, 1.807) is 18.3 Å². The summed E-state index contributed by atoms with van der Waals surface area (Å²) in [6.45, 7) is 0.239. The summed E-state index contributed by atoms with van der Waals surface area (Å²) in [5.74, 6) is 0.521. The first kappa shape index (κ1) is 13.6. The van der Waals surface area contributed by atoms with Crippen molar-refractivity contribution in [1.82, 2.24) is 19.3 Å². The Labute approximate surface area is 123 Å². The zero-order valence-corrected chi connectivity index (χ0v) is 11.5. The minimum atomic E-state index is -1.41. The Morgan fingerprint density at radius 2 is 2.33 bits per heavy atom. The number of rotatable bonds is 3. The Hall–Kier alpha value is -2.35. The Morgan fingerprint density at radius 1 is 1.52 bits per heavy atom. The third kappa shape index (κ3) is 2.62. The molecule has 9 heteroatoms. The highest BCUT2D eigenvalue weighted by Gasteiger charge is 2.30. The van der Waals surface area contributed by atoms with Crippen molar-refractivity contribution in [3.8, 4) is 0 Å².